The van der Waals surface area contributed by atoms with Gasteiger partial charge in [-0.2, -0.15) is 0 Å². The Morgan fingerprint density at radius 2 is 1.79 bits per heavy atom. The van der Waals surface area contributed by atoms with Crippen LogP contribution < -0.4 is 9.47 Å². The third-order valence-electron chi connectivity index (χ3n) is 3.91. The summed E-state index contributed by atoms with van der Waals surface area (Å²) in [6, 6.07) is 16.1. The molecular formula is C19H21N3O2. The first-order valence-electron chi connectivity index (χ1n) is 7.92. The SMILES string of the molecule is COc1ccc(OC)c(CCc2cn(Cc3ccccc3)nn2)c1. The summed E-state index contributed by atoms with van der Waals surface area (Å²) < 4.78 is 12.6. The molecule has 0 aliphatic carbocycles. The largest absolute Gasteiger partial charge is 0.497 e. The highest BCUT2D eigenvalue weighted by atomic mass is 16.5. The molecule has 0 radical (unpaired) electrons. The highest BCUT2D eigenvalue weighted by molar-refractivity contribution is 5.40. The Kier molecular flexibility index (Phi) is 5.11. The van der Waals surface area contributed by atoms with Crippen LogP contribution in [0, 0.1) is 0 Å². The van der Waals surface area contributed by atoms with Crippen LogP contribution in [-0.2, 0) is 19.4 Å². The fraction of sp³-hybridized carbons (Fsp3) is 0.263. The van der Waals surface area contributed by atoms with Gasteiger partial charge in [0.05, 0.1) is 26.5 Å². The molecule has 0 fully saturated rings. The molecule has 0 spiro atoms. The van der Waals surface area contributed by atoms with Crippen molar-refractivity contribution in [3.8, 4) is 11.5 Å². The molecule has 3 aromatic rings. The molecule has 0 aliphatic rings. The van der Waals surface area contributed by atoms with Gasteiger partial charge in [0.2, 0.25) is 0 Å². The van der Waals surface area contributed by atoms with Gasteiger partial charge in [0.25, 0.3) is 0 Å². The number of aromatic nitrogens is 3. The Bertz CT molecular complexity index is 784. The smallest absolute Gasteiger partial charge is 0.122 e. The van der Waals surface area contributed by atoms with Crippen LogP contribution in [0.25, 0.3) is 0 Å². The van der Waals surface area contributed by atoms with Crippen LogP contribution in [0.2, 0.25) is 0 Å². The second-order valence-electron chi connectivity index (χ2n) is 5.57. The van der Waals surface area contributed by atoms with Gasteiger partial charge in [-0.25, -0.2) is 4.68 Å². The molecule has 0 saturated heterocycles. The molecule has 5 heteroatoms. The maximum absolute atomic E-state index is 5.42. The zero-order chi connectivity index (χ0) is 16.8. The van der Waals surface area contributed by atoms with E-state index in [4.69, 9.17) is 9.47 Å². The number of methoxy groups -OCH3 is 2. The number of hydrogen-bond donors (Lipinski definition) is 0. The molecule has 1 heterocycles. The van der Waals surface area contributed by atoms with E-state index in [2.05, 4.69) is 22.4 Å². The highest BCUT2D eigenvalue weighted by Gasteiger charge is 2.08. The van der Waals surface area contributed by atoms with E-state index in [1.807, 2.05) is 47.3 Å². The Balaban J connectivity index is 1.65. The van der Waals surface area contributed by atoms with E-state index in [0.29, 0.717) is 0 Å². The maximum Gasteiger partial charge on any atom is 0.122 e. The second-order valence-corrected chi connectivity index (χ2v) is 5.57. The topological polar surface area (TPSA) is 49.2 Å². The standard InChI is InChI=1S/C19H21N3O2/c1-23-18-10-11-19(24-2)16(12-18)8-9-17-14-22(21-20-17)13-15-6-4-3-5-7-15/h3-7,10-12,14H,8-9,13H2,1-2H3. The van der Waals surface area contributed by atoms with Crippen LogP contribution in [0.5, 0.6) is 11.5 Å². The Morgan fingerprint density at radius 1 is 0.958 bits per heavy atom. The van der Waals surface area contributed by atoms with Crippen molar-refractivity contribution in [2.75, 3.05) is 14.2 Å². The number of ether oxygens (including phenoxy) is 2. The maximum atomic E-state index is 5.42. The monoisotopic (exact) mass is 323 g/mol. The number of benzene rings is 2. The summed E-state index contributed by atoms with van der Waals surface area (Å²) in [5.41, 5.74) is 3.29. The van der Waals surface area contributed by atoms with E-state index >= 15 is 0 Å². The van der Waals surface area contributed by atoms with Crippen molar-refractivity contribution >= 4 is 0 Å². The minimum atomic E-state index is 0.732. The minimum absolute atomic E-state index is 0.732. The first kappa shape index (κ1) is 16.1. The molecule has 0 N–H and O–H groups in total. The van der Waals surface area contributed by atoms with Crippen LogP contribution >= 0.6 is 0 Å². The van der Waals surface area contributed by atoms with E-state index in [9.17, 15) is 0 Å². The molecule has 0 amide bonds. The third-order valence-corrected chi connectivity index (χ3v) is 3.91. The van der Waals surface area contributed by atoms with E-state index < -0.39 is 0 Å². The lowest BCUT2D eigenvalue weighted by atomic mass is 10.1. The van der Waals surface area contributed by atoms with Crippen LogP contribution in [0.15, 0.2) is 54.7 Å². The van der Waals surface area contributed by atoms with Crippen molar-refractivity contribution in [2.24, 2.45) is 0 Å². The molecule has 0 aliphatic heterocycles. The van der Waals surface area contributed by atoms with Crippen molar-refractivity contribution in [1.29, 1.82) is 0 Å². The van der Waals surface area contributed by atoms with E-state index in [1.54, 1.807) is 14.2 Å². The summed E-state index contributed by atoms with van der Waals surface area (Å²) in [5.74, 6) is 1.70. The number of aryl methyl sites for hydroxylation is 2. The van der Waals surface area contributed by atoms with Crippen molar-refractivity contribution < 1.29 is 9.47 Å². The Hall–Kier alpha value is -2.82. The first-order chi connectivity index (χ1) is 11.8. The molecule has 1 aromatic heterocycles. The van der Waals surface area contributed by atoms with Gasteiger partial charge in [0.1, 0.15) is 11.5 Å². The molecule has 0 atom stereocenters. The summed E-state index contributed by atoms with van der Waals surface area (Å²) in [6.07, 6.45) is 3.63. The fourth-order valence-corrected chi connectivity index (χ4v) is 2.64. The summed E-state index contributed by atoms with van der Waals surface area (Å²) in [4.78, 5) is 0. The quantitative estimate of drug-likeness (QED) is 0.670. The van der Waals surface area contributed by atoms with Gasteiger partial charge in [0.15, 0.2) is 0 Å². The molecule has 5 nitrogen and oxygen atoms in total. The summed E-state index contributed by atoms with van der Waals surface area (Å²) in [7, 11) is 3.35. The second kappa shape index (κ2) is 7.64. The summed E-state index contributed by atoms with van der Waals surface area (Å²) in [5, 5.41) is 8.48. The molecule has 24 heavy (non-hydrogen) atoms. The van der Waals surface area contributed by atoms with E-state index in [-0.39, 0.29) is 0 Å². The van der Waals surface area contributed by atoms with E-state index in [0.717, 1.165) is 42.1 Å². The van der Waals surface area contributed by atoms with Crippen molar-refractivity contribution in [2.45, 2.75) is 19.4 Å². The van der Waals surface area contributed by atoms with Crippen LogP contribution in [0.3, 0.4) is 0 Å². The normalized spacial score (nSPS) is 10.6. The van der Waals surface area contributed by atoms with Gasteiger partial charge < -0.3 is 9.47 Å². The van der Waals surface area contributed by atoms with Gasteiger partial charge in [-0.1, -0.05) is 35.5 Å². The molecular weight excluding hydrogens is 302 g/mol. The predicted molar refractivity (Wildman–Crippen MR) is 92.5 cm³/mol. The number of rotatable bonds is 7. The lowest BCUT2D eigenvalue weighted by Crippen LogP contribution is -1.99. The summed E-state index contributed by atoms with van der Waals surface area (Å²) in [6.45, 7) is 0.732. The van der Waals surface area contributed by atoms with Crippen molar-refractivity contribution in [3.05, 3.63) is 71.5 Å². The van der Waals surface area contributed by atoms with Crippen molar-refractivity contribution in [1.82, 2.24) is 15.0 Å². The van der Waals surface area contributed by atoms with Gasteiger partial charge in [-0.15, -0.1) is 5.10 Å². The van der Waals surface area contributed by atoms with Crippen molar-refractivity contribution in [3.63, 3.8) is 0 Å². The van der Waals surface area contributed by atoms with Crippen LogP contribution in [-0.4, -0.2) is 29.2 Å². The lowest BCUT2D eigenvalue weighted by molar-refractivity contribution is 0.398. The third kappa shape index (κ3) is 3.93. The molecule has 0 saturated carbocycles. The van der Waals surface area contributed by atoms with Gasteiger partial charge in [-0.3, -0.25) is 0 Å². The first-order valence-corrected chi connectivity index (χ1v) is 7.92. The minimum Gasteiger partial charge on any atom is -0.497 e. The fourth-order valence-electron chi connectivity index (χ4n) is 2.64. The zero-order valence-electron chi connectivity index (χ0n) is 14.0. The molecule has 2 aromatic carbocycles. The lowest BCUT2D eigenvalue weighted by Gasteiger charge is -2.09. The van der Waals surface area contributed by atoms with Gasteiger partial charge >= 0.3 is 0 Å². The van der Waals surface area contributed by atoms with Gasteiger partial charge in [0, 0.05) is 6.20 Å². The zero-order valence-corrected chi connectivity index (χ0v) is 14.0. The Labute approximate surface area is 141 Å². The van der Waals surface area contributed by atoms with E-state index in [1.165, 1.54) is 5.56 Å². The van der Waals surface area contributed by atoms with Crippen LogP contribution in [0.4, 0.5) is 0 Å². The summed E-state index contributed by atoms with van der Waals surface area (Å²) >= 11 is 0. The highest BCUT2D eigenvalue weighted by Crippen LogP contribution is 2.25. The molecule has 0 unspecified atom stereocenters. The predicted octanol–water partition coefficient (Wildman–Crippen LogP) is 3.13. The molecule has 0 bridgehead atoms. The van der Waals surface area contributed by atoms with Crippen LogP contribution in [0.1, 0.15) is 16.8 Å². The van der Waals surface area contributed by atoms with Gasteiger partial charge in [-0.05, 0) is 42.2 Å². The average molecular weight is 323 g/mol. The Morgan fingerprint density at radius 3 is 2.54 bits per heavy atom. The number of nitrogens with zero attached hydrogens (tertiary/aromatic N) is 3. The average Bonchev–Trinajstić information content (AvgIpc) is 3.08. The number of hydrogen-bond acceptors (Lipinski definition) is 4. The molecule has 3 rings (SSSR count). The molecule has 124 valence electrons.